The molecular weight excluding hydrogens is 256 g/mol. The SMILES string of the molecule is CC(C)(C)c1ccc(OCCCCc2ccccc2)cc1. The fourth-order valence-corrected chi connectivity index (χ4v) is 2.32. The fourth-order valence-electron chi connectivity index (χ4n) is 2.32. The van der Waals surface area contributed by atoms with Crippen LogP contribution in [-0.4, -0.2) is 6.61 Å². The highest BCUT2D eigenvalue weighted by Crippen LogP contribution is 2.24. The Bertz CT molecular complexity index is 520. The van der Waals surface area contributed by atoms with Gasteiger partial charge < -0.3 is 4.74 Å². The first-order chi connectivity index (χ1) is 10.1. The largest absolute Gasteiger partial charge is 0.494 e. The molecule has 0 N–H and O–H groups in total. The summed E-state index contributed by atoms with van der Waals surface area (Å²) in [5, 5.41) is 0. The van der Waals surface area contributed by atoms with E-state index in [1.165, 1.54) is 17.5 Å². The first-order valence-electron chi connectivity index (χ1n) is 7.83. The van der Waals surface area contributed by atoms with Gasteiger partial charge in [-0.15, -0.1) is 0 Å². The van der Waals surface area contributed by atoms with E-state index in [1.54, 1.807) is 0 Å². The van der Waals surface area contributed by atoms with Crippen LogP contribution in [0.4, 0.5) is 0 Å². The second kappa shape index (κ2) is 7.31. The van der Waals surface area contributed by atoms with Crippen molar-refractivity contribution in [2.75, 3.05) is 6.61 Å². The zero-order valence-electron chi connectivity index (χ0n) is 13.4. The van der Waals surface area contributed by atoms with Crippen molar-refractivity contribution in [3.63, 3.8) is 0 Å². The van der Waals surface area contributed by atoms with Gasteiger partial charge in [-0.1, -0.05) is 63.2 Å². The van der Waals surface area contributed by atoms with E-state index in [0.717, 1.165) is 25.2 Å². The van der Waals surface area contributed by atoms with E-state index in [4.69, 9.17) is 4.74 Å². The third-order valence-electron chi connectivity index (χ3n) is 3.69. The van der Waals surface area contributed by atoms with Crippen molar-refractivity contribution in [2.24, 2.45) is 0 Å². The lowest BCUT2D eigenvalue weighted by atomic mass is 9.87. The lowest BCUT2D eigenvalue weighted by molar-refractivity contribution is 0.306. The Morgan fingerprint density at radius 3 is 2.10 bits per heavy atom. The molecule has 0 aliphatic carbocycles. The van der Waals surface area contributed by atoms with Gasteiger partial charge in [0.15, 0.2) is 0 Å². The van der Waals surface area contributed by atoms with Crippen LogP contribution in [0.1, 0.15) is 44.7 Å². The van der Waals surface area contributed by atoms with E-state index in [2.05, 4.69) is 75.4 Å². The van der Waals surface area contributed by atoms with Gasteiger partial charge in [0.1, 0.15) is 5.75 Å². The van der Waals surface area contributed by atoms with Crippen molar-refractivity contribution in [1.29, 1.82) is 0 Å². The number of unbranched alkanes of at least 4 members (excludes halogenated alkanes) is 1. The maximum absolute atomic E-state index is 5.81. The standard InChI is InChI=1S/C20H26O/c1-20(2,3)18-12-14-19(15-13-18)21-16-8-7-11-17-9-5-4-6-10-17/h4-6,9-10,12-15H,7-8,11,16H2,1-3H3. The molecule has 1 nitrogen and oxygen atoms in total. The molecule has 0 fully saturated rings. The Balaban J connectivity index is 1.69. The second-order valence-electron chi connectivity index (χ2n) is 6.57. The number of aryl methyl sites for hydroxylation is 1. The summed E-state index contributed by atoms with van der Waals surface area (Å²) in [5.41, 5.74) is 2.96. The lowest BCUT2D eigenvalue weighted by Gasteiger charge is -2.19. The van der Waals surface area contributed by atoms with Crippen LogP contribution in [0.5, 0.6) is 5.75 Å². The predicted octanol–water partition coefficient (Wildman–Crippen LogP) is 5.39. The number of rotatable bonds is 6. The Morgan fingerprint density at radius 1 is 0.810 bits per heavy atom. The fraction of sp³-hybridized carbons (Fsp3) is 0.400. The maximum atomic E-state index is 5.81. The first-order valence-corrected chi connectivity index (χ1v) is 7.83. The number of hydrogen-bond acceptors (Lipinski definition) is 1. The molecule has 2 aromatic carbocycles. The van der Waals surface area contributed by atoms with Gasteiger partial charge in [0.05, 0.1) is 6.61 Å². The molecule has 112 valence electrons. The van der Waals surface area contributed by atoms with Crippen molar-refractivity contribution in [3.8, 4) is 5.75 Å². The van der Waals surface area contributed by atoms with Crippen LogP contribution in [0.15, 0.2) is 54.6 Å². The molecule has 21 heavy (non-hydrogen) atoms. The van der Waals surface area contributed by atoms with Crippen molar-refractivity contribution in [1.82, 2.24) is 0 Å². The zero-order valence-corrected chi connectivity index (χ0v) is 13.4. The summed E-state index contributed by atoms with van der Waals surface area (Å²) in [5.74, 6) is 0.975. The van der Waals surface area contributed by atoms with E-state index in [0.29, 0.717) is 0 Å². The highest BCUT2D eigenvalue weighted by atomic mass is 16.5. The topological polar surface area (TPSA) is 9.23 Å². The van der Waals surface area contributed by atoms with Crippen LogP contribution in [0.3, 0.4) is 0 Å². The highest BCUT2D eigenvalue weighted by molar-refractivity contribution is 5.31. The minimum absolute atomic E-state index is 0.203. The summed E-state index contributed by atoms with van der Waals surface area (Å²) < 4.78 is 5.81. The monoisotopic (exact) mass is 282 g/mol. The summed E-state index contributed by atoms with van der Waals surface area (Å²) >= 11 is 0. The lowest BCUT2D eigenvalue weighted by Crippen LogP contribution is -2.10. The predicted molar refractivity (Wildman–Crippen MR) is 90.0 cm³/mol. The van der Waals surface area contributed by atoms with Gasteiger partial charge in [0, 0.05) is 0 Å². The minimum atomic E-state index is 0.203. The van der Waals surface area contributed by atoms with Crippen LogP contribution in [-0.2, 0) is 11.8 Å². The van der Waals surface area contributed by atoms with Crippen LogP contribution >= 0.6 is 0 Å². The van der Waals surface area contributed by atoms with Gasteiger partial charge in [-0.25, -0.2) is 0 Å². The summed E-state index contributed by atoms with van der Waals surface area (Å²) in [7, 11) is 0. The van der Waals surface area contributed by atoms with Gasteiger partial charge in [-0.05, 0) is 47.9 Å². The molecule has 0 amide bonds. The maximum Gasteiger partial charge on any atom is 0.119 e. The van der Waals surface area contributed by atoms with E-state index >= 15 is 0 Å². The number of benzene rings is 2. The van der Waals surface area contributed by atoms with Gasteiger partial charge in [-0.2, -0.15) is 0 Å². The Hall–Kier alpha value is -1.76. The molecular formula is C20H26O. The molecule has 0 saturated heterocycles. The number of hydrogen-bond donors (Lipinski definition) is 0. The minimum Gasteiger partial charge on any atom is -0.494 e. The average Bonchev–Trinajstić information content (AvgIpc) is 2.47. The molecule has 0 spiro atoms. The van der Waals surface area contributed by atoms with Crippen molar-refractivity contribution in [2.45, 2.75) is 45.4 Å². The molecule has 0 heterocycles. The second-order valence-corrected chi connectivity index (χ2v) is 6.57. The van der Waals surface area contributed by atoms with Gasteiger partial charge in [-0.3, -0.25) is 0 Å². The Morgan fingerprint density at radius 2 is 1.48 bits per heavy atom. The molecule has 2 rings (SSSR count). The number of ether oxygens (including phenoxy) is 1. The quantitative estimate of drug-likeness (QED) is 0.646. The molecule has 1 heteroatoms. The van der Waals surface area contributed by atoms with Gasteiger partial charge in [0.25, 0.3) is 0 Å². The Kier molecular flexibility index (Phi) is 5.44. The van der Waals surface area contributed by atoms with Crippen LogP contribution in [0.25, 0.3) is 0 Å². The molecule has 0 unspecified atom stereocenters. The zero-order chi connectivity index (χ0) is 15.1. The molecule has 0 aliphatic rings. The highest BCUT2D eigenvalue weighted by Gasteiger charge is 2.12. The molecule has 2 aromatic rings. The molecule has 0 radical (unpaired) electrons. The molecule has 0 atom stereocenters. The van der Waals surface area contributed by atoms with Crippen molar-refractivity contribution in [3.05, 3.63) is 65.7 Å². The third-order valence-corrected chi connectivity index (χ3v) is 3.69. The molecule has 0 aliphatic heterocycles. The summed E-state index contributed by atoms with van der Waals surface area (Å²) in [6, 6.07) is 19.1. The van der Waals surface area contributed by atoms with Crippen LogP contribution in [0, 0.1) is 0 Å². The smallest absolute Gasteiger partial charge is 0.119 e. The van der Waals surface area contributed by atoms with E-state index in [-0.39, 0.29) is 5.41 Å². The Labute approximate surface area is 129 Å². The van der Waals surface area contributed by atoms with Crippen molar-refractivity contribution < 1.29 is 4.74 Å². The van der Waals surface area contributed by atoms with Crippen molar-refractivity contribution >= 4 is 0 Å². The first kappa shape index (κ1) is 15.6. The molecule has 0 saturated carbocycles. The van der Waals surface area contributed by atoms with Crippen LogP contribution < -0.4 is 4.74 Å². The summed E-state index contributed by atoms with van der Waals surface area (Å²) in [6.07, 6.45) is 3.40. The summed E-state index contributed by atoms with van der Waals surface area (Å²) in [6.45, 7) is 7.48. The normalized spacial score (nSPS) is 11.4. The average molecular weight is 282 g/mol. The van der Waals surface area contributed by atoms with E-state index in [1.807, 2.05) is 0 Å². The summed E-state index contributed by atoms with van der Waals surface area (Å²) in [4.78, 5) is 0. The third kappa shape index (κ3) is 5.26. The van der Waals surface area contributed by atoms with Gasteiger partial charge in [0.2, 0.25) is 0 Å². The molecule has 0 aromatic heterocycles. The van der Waals surface area contributed by atoms with Crippen LogP contribution in [0.2, 0.25) is 0 Å². The van der Waals surface area contributed by atoms with E-state index in [9.17, 15) is 0 Å². The van der Waals surface area contributed by atoms with E-state index < -0.39 is 0 Å². The molecule has 0 bridgehead atoms. The van der Waals surface area contributed by atoms with Gasteiger partial charge >= 0.3 is 0 Å².